The molecule has 0 atom stereocenters. The molecule has 1 N–H and O–H groups in total. The van der Waals surface area contributed by atoms with Crippen LogP contribution in [0.3, 0.4) is 0 Å². The van der Waals surface area contributed by atoms with Crippen LogP contribution in [0.15, 0.2) is 65.3 Å². The van der Waals surface area contributed by atoms with Crippen molar-refractivity contribution in [2.24, 2.45) is 0 Å². The van der Waals surface area contributed by atoms with E-state index in [-0.39, 0.29) is 18.2 Å². The first kappa shape index (κ1) is 24.7. The van der Waals surface area contributed by atoms with Gasteiger partial charge in [0.25, 0.3) is 5.91 Å². The summed E-state index contributed by atoms with van der Waals surface area (Å²) in [6.07, 6.45) is 1.72. The molecule has 0 aliphatic carbocycles. The van der Waals surface area contributed by atoms with Crippen LogP contribution in [-0.4, -0.2) is 15.7 Å². The van der Waals surface area contributed by atoms with Gasteiger partial charge in [-0.3, -0.25) is 9.48 Å². The van der Waals surface area contributed by atoms with E-state index in [0.29, 0.717) is 27.4 Å². The molecule has 0 unspecified atom stereocenters. The standard InChI is InChI=1S/C24H15BrClF4N3O2/c25-17-11-33(10-13-3-7-16(26)8-4-13)32-23(17)31-24(34)15-5-1-14(2-6-15)12-35-22-20(29)18(27)9-19(28)21(22)30/h1-9,11H,10,12H2,(H,31,32,34). The van der Waals surface area contributed by atoms with Gasteiger partial charge < -0.3 is 10.1 Å². The Hall–Kier alpha value is -3.37. The Labute approximate surface area is 210 Å². The number of carbonyl (C=O) groups excluding carboxylic acids is 1. The summed E-state index contributed by atoms with van der Waals surface area (Å²) in [6.45, 7) is 0.0933. The second-order valence-electron chi connectivity index (χ2n) is 7.39. The summed E-state index contributed by atoms with van der Waals surface area (Å²) in [5.41, 5.74) is 1.67. The smallest absolute Gasteiger partial charge is 0.256 e. The molecule has 4 aromatic rings. The highest BCUT2D eigenvalue weighted by Gasteiger charge is 2.20. The minimum atomic E-state index is -1.62. The van der Waals surface area contributed by atoms with Gasteiger partial charge in [0.2, 0.25) is 11.6 Å². The average Bonchev–Trinajstić information content (AvgIpc) is 3.18. The van der Waals surface area contributed by atoms with Gasteiger partial charge in [-0.25, -0.2) is 8.78 Å². The van der Waals surface area contributed by atoms with Crippen molar-refractivity contribution < 1.29 is 27.1 Å². The first-order valence-electron chi connectivity index (χ1n) is 10.0. The summed E-state index contributed by atoms with van der Waals surface area (Å²) in [6, 6.07) is 13.3. The van der Waals surface area contributed by atoms with Crippen molar-refractivity contribution in [3.63, 3.8) is 0 Å². The van der Waals surface area contributed by atoms with Gasteiger partial charge in [0, 0.05) is 22.8 Å². The third-order valence-corrected chi connectivity index (χ3v) is 5.71. The maximum Gasteiger partial charge on any atom is 0.256 e. The Kier molecular flexibility index (Phi) is 7.42. The number of nitrogens with one attached hydrogen (secondary N) is 1. The van der Waals surface area contributed by atoms with E-state index in [1.54, 1.807) is 23.0 Å². The minimum absolute atomic E-state index is 0.101. The zero-order valence-electron chi connectivity index (χ0n) is 17.7. The maximum absolute atomic E-state index is 13.7. The molecule has 0 aliphatic heterocycles. The monoisotopic (exact) mass is 567 g/mol. The number of benzene rings is 3. The molecule has 35 heavy (non-hydrogen) atoms. The summed E-state index contributed by atoms with van der Waals surface area (Å²) in [7, 11) is 0. The van der Waals surface area contributed by atoms with Crippen LogP contribution in [0, 0.1) is 23.3 Å². The topological polar surface area (TPSA) is 56.2 Å². The molecule has 180 valence electrons. The third kappa shape index (κ3) is 5.83. The van der Waals surface area contributed by atoms with E-state index in [9.17, 15) is 22.4 Å². The predicted octanol–water partition coefficient (Wildman–Crippen LogP) is 6.74. The van der Waals surface area contributed by atoms with Crippen molar-refractivity contribution >= 4 is 39.3 Å². The number of aromatic nitrogens is 2. The van der Waals surface area contributed by atoms with Crippen molar-refractivity contribution in [2.75, 3.05) is 5.32 Å². The van der Waals surface area contributed by atoms with Gasteiger partial charge in [0.1, 0.15) is 6.61 Å². The summed E-state index contributed by atoms with van der Waals surface area (Å²) < 4.78 is 61.2. The number of ether oxygens (including phenoxy) is 1. The lowest BCUT2D eigenvalue weighted by Crippen LogP contribution is -2.13. The molecule has 1 heterocycles. The van der Waals surface area contributed by atoms with Crippen LogP contribution in [0.2, 0.25) is 5.02 Å². The van der Waals surface area contributed by atoms with Gasteiger partial charge >= 0.3 is 0 Å². The number of carbonyl (C=O) groups is 1. The second kappa shape index (κ2) is 10.5. The molecule has 11 heteroatoms. The lowest BCUT2D eigenvalue weighted by Gasteiger charge is -2.10. The van der Waals surface area contributed by atoms with E-state index in [4.69, 9.17) is 16.3 Å². The van der Waals surface area contributed by atoms with Crippen molar-refractivity contribution in [3.05, 3.63) is 110 Å². The summed E-state index contributed by atoms with van der Waals surface area (Å²) in [4.78, 5) is 12.6. The lowest BCUT2D eigenvalue weighted by molar-refractivity contribution is 0.102. The van der Waals surface area contributed by atoms with E-state index in [2.05, 4.69) is 26.3 Å². The van der Waals surface area contributed by atoms with Gasteiger partial charge in [0.05, 0.1) is 11.0 Å². The number of hydrogen-bond acceptors (Lipinski definition) is 3. The molecule has 0 spiro atoms. The lowest BCUT2D eigenvalue weighted by atomic mass is 10.1. The van der Waals surface area contributed by atoms with Gasteiger partial charge in [-0.15, -0.1) is 0 Å². The first-order valence-corrected chi connectivity index (χ1v) is 11.2. The summed E-state index contributed by atoms with van der Waals surface area (Å²) in [5, 5.41) is 7.68. The SMILES string of the molecule is O=C(Nc1nn(Cc2ccc(Cl)cc2)cc1Br)c1ccc(COc2c(F)c(F)cc(F)c2F)cc1. The normalized spacial score (nSPS) is 10.9. The fourth-order valence-corrected chi connectivity index (χ4v) is 3.65. The van der Waals surface area contributed by atoms with E-state index < -0.39 is 34.9 Å². The highest BCUT2D eigenvalue weighted by molar-refractivity contribution is 9.10. The molecular formula is C24H15BrClF4N3O2. The first-order chi connectivity index (χ1) is 16.7. The Morgan fingerprint density at radius 2 is 1.57 bits per heavy atom. The van der Waals surface area contributed by atoms with E-state index in [1.807, 2.05) is 12.1 Å². The maximum atomic E-state index is 13.7. The van der Waals surface area contributed by atoms with Gasteiger partial charge in [0.15, 0.2) is 23.2 Å². The fourth-order valence-electron chi connectivity index (χ4n) is 3.11. The van der Waals surface area contributed by atoms with Crippen molar-refractivity contribution in [2.45, 2.75) is 13.2 Å². The molecule has 0 aliphatic rings. The van der Waals surface area contributed by atoms with Crippen molar-refractivity contribution in [1.82, 2.24) is 9.78 Å². The quantitative estimate of drug-likeness (QED) is 0.199. The third-order valence-electron chi connectivity index (χ3n) is 4.88. The number of anilines is 1. The zero-order valence-corrected chi connectivity index (χ0v) is 20.0. The van der Waals surface area contributed by atoms with Crippen LogP contribution in [0.4, 0.5) is 23.4 Å². The van der Waals surface area contributed by atoms with E-state index in [1.165, 1.54) is 24.3 Å². The molecule has 4 rings (SSSR count). The van der Waals surface area contributed by atoms with Crippen LogP contribution >= 0.6 is 27.5 Å². The molecule has 0 saturated carbocycles. The minimum Gasteiger partial charge on any atom is -0.483 e. The van der Waals surface area contributed by atoms with Crippen LogP contribution in [0.5, 0.6) is 5.75 Å². The molecule has 0 fully saturated rings. The highest BCUT2D eigenvalue weighted by atomic mass is 79.9. The second-order valence-corrected chi connectivity index (χ2v) is 8.68. The van der Waals surface area contributed by atoms with Crippen molar-refractivity contribution in [1.29, 1.82) is 0 Å². The van der Waals surface area contributed by atoms with Crippen LogP contribution in [0.1, 0.15) is 21.5 Å². The average molecular weight is 569 g/mol. The Morgan fingerprint density at radius 3 is 2.20 bits per heavy atom. The number of amides is 1. The van der Waals surface area contributed by atoms with Crippen LogP contribution < -0.4 is 10.1 Å². The predicted molar refractivity (Wildman–Crippen MR) is 125 cm³/mol. The molecule has 1 amide bonds. The van der Waals surface area contributed by atoms with Crippen molar-refractivity contribution in [3.8, 4) is 5.75 Å². The van der Waals surface area contributed by atoms with E-state index >= 15 is 0 Å². The number of hydrogen-bond donors (Lipinski definition) is 1. The number of rotatable bonds is 7. The summed E-state index contributed by atoms with van der Waals surface area (Å²) in [5.74, 6) is -7.65. The Morgan fingerprint density at radius 1 is 0.971 bits per heavy atom. The molecule has 0 bridgehead atoms. The number of nitrogens with zero attached hydrogens (tertiary/aromatic N) is 2. The Balaban J connectivity index is 1.39. The molecule has 1 aromatic heterocycles. The zero-order chi connectivity index (χ0) is 25.1. The summed E-state index contributed by atoms with van der Waals surface area (Å²) >= 11 is 9.27. The molecule has 5 nitrogen and oxygen atoms in total. The number of halogens is 6. The van der Waals surface area contributed by atoms with Crippen LogP contribution in [-0.2, 0) is 13.2 Å². The largest absolute Gasteiger partial charge is 0.483 e. The molecule has 0 saturated heterocycles. The molecule has 0 radical (unpaired) electrons. The molecular weight excluding hydrogens is 554 g/mol. The highest BCUT2D eigenvalue weighted by Crippen LogP contribution is 2.27. The molecule has 3 aromatic carbocycles. The van der Waals surface area contributed by atoms with Crippen LogP contribution in [0.25, 0.3) is 0 Å². The van der Waals surface area contributed by atoms with Gasteiger partial charge in [-0.1, -0.05) is 35.9 Å². The van der Waals surface area contributed by atoms with Gasteiger partial charge in [-0.2, -0.15) is 13.9 Å². The van der Waals surface area contributed by atoms with Gasteiger partial charge in [-0.05, 0) is 51.3 Å². The Bertz CT molecular complexity index is 1350. The fraction of sp³-hybridized carbons (Fsp3) is 0.0833. The van der Waals surface area contributed by atoms with E-state index in [0.717, 1.165) is 5.56 Å².